The van der Waals surface area contributed by atoms with E-state index < -0.39 is 53.3 Å². The predicted octanol–water partition coefficient (Wildman–Crippen LogP) is 5.89. The van der Waals surface area contributed by atoms with Gasteiger partial charge in [0.05, 0.1) is 32.1 Å². The van der Waals surface area contributed by atoms with E-state index in [2.05, 4.69) is 29.4 Å². The van der Waals surface area contributed by atoms with Crippen LogP contribution in [-0.2, 0) is 45.9 Å². The molecule has 1 fully saturated rings. The summed E-state index contributed by atoms with van der Waals surface area (Å²) in [5.41, 5.74) is 4.76. The van der Waals surface area contributed by atoms with Crippen LogP contribution in [0.1, 0.15) is 77.3 Å². The first kappa shape index (κ1) is 44.2. The maximum Gasteiger partial charge on any atom is 0.306 e. The lowest BCUT2D eigenvalue weighted by Gasteiger charge is -2.29. The van der Waals surface area contributed by atoms with Crippen LogP contribution in [0.15, 0.2) is 95.6 Å². The van der Waals surface area contributed by atoms with Crippen LogP contribution in [0.3, 0.4) is 0 Å². The van der Waals surface area contributed by atoms with Gasteiger partial charge in [-0.2, -0.15) is 17.3 Å². The summed E-state index contributed by atoms with van der Waals surface area (Å²) in [4.78, 5) is 13.6. The Kier molecular flexibility index (Phi) is 13.6. The lowest BCUT2D eigenvalue weighted by atomic mass is 9.81. The van der Waals surface area contributed by atoms with Crippen molar-refractivity contribution < 1.29 is 48.8 Å². The molecule has 2 aromatic carbocycles. The summed E-state index contributed by atoms with van der Waals surface area (Å²) in [6.07, 6.45) is 15.5. The number of anilines is 1. The third-order valence-electron chi connectivity index (χ3n) is 11.1. The molecule has 310 valence electrons. The van der Waals surface area contributed by atoms with E-state index in [1.165, 1.54) is 4.31 Å². The Morgan fingerprint density at radius 1 is 0.842 bits per heavy atom. The molecule has 3 heterocycles. The number of carboxylic acids is 1. The van der Waals surface area contributed by atoms with Crippen molar-refractivity contribution in [1.82, 2.24) is 4.31 Å². The fourth-order valence-corrected chi connectivity index (χ4v) is 10.6. The molecule has 1 saturated heterocycles. The van der Waals surface area contributed by atoms with E-state index in [9.17, 15) is 44.3 Å². The molecule has 0 spiro atoms. The van der Waals surface area contributed by atoms with E-state index in [1.54, 1.807) is 18.2 Å². The lowest BCUT2D eigenvalue weighted by Crippen LogP contribution is -2.40. The van der Waals surface area contributed by atoms with Crippen molar-refractivity contribution >= 4 is 53.3 Å². The molecular formula is C41H53N3O10S3. The van der Waals surface area contributed by atoms with Crippen molar-refractivity contribution in [3.05, 3.63) is 102 Å². The fraction of sp³-hybridized carbons (Fsp3) is 0.463. The molecule has 0 bridgehead atoms. The van der Waals surface area contributed by atoms with Crippen LogP contribution >= 0.6 is 0 Å². The zero-order valence-electron chi connectivity index (χ0n) is 32.9. The van der Waals surface area contributed by atoms with Crippen molar-refractivity contribution in [2.45, 2.75) is 81.9 Å². The topological polar surface area (TPSA) is 192 Å². The minimum absolute atomic E-state index is 0.124. The fourth-order valence-electron chi connectivity index (χ4n) is 8.02. The first-order valence-corrected chi connectivity index (χ1v) is 23.8. The molecular weight excluding hydrogens is 791 g/mol. The summed E-state index contributed by atoms with van der Waals surface area (Å²) in [5.74, 6) is -2.24. The average molecular weight is 844 g/mol. The van der Waals surface area contributed by atoms with Gasteiger partial charge in [-0.3, -0.25) is 9.35 Å². The van der Waals surface area contributed by atoms with Gasteiger partial charge in [-0.05, 0) is 75.8 Å². The van der Waals surface area contributed by atoms with Crippen LogP contribution in [0.4, 0.5) is 11.4 Å². The summed E-state index contributed by atoms with van der Waals surface area (Å²) >= 11 is 0. The van der Waals surface area contributed by atoms with Gasteiger partial charge in [0.2, 0.25) is 15.7 Å². The van der Waals surface area contributed by atoms with Crippen molar-refractivity contribution in [2.75, 3.05) is 42.6 Å². The number of sulfonamides is 1. The van der Waals surface area contributed by atoms with Gasteiger partial charge in [-0.15, -0.1) is 0 Å². The molecule has 13 nitrogen and oxygen atoms in total. The van der Waals surface area contributed by atoms with Crippen molar-refractivity contribution in [3.8, 4) is 0 Å². The SMILES string of the molecule is CC1(C)C(/C=C/C=C/C=C/C=C2/N(CCCCS(=O)(=O)O)c3ccc(S(=O)(=O)N4CCC(C(=O)O)CC4)cc3C2(C)C)=[N+](CCCCS(=O)(=O)[O-])c2ccccc21. The summed E-state index contributed by atoms with van der Waals surface area (Å²) in [6, 6.07) is 13.1. The summed E-state index contributed by atoms with van der Waals surface area (Å²) < 4.78 is 96.5. The summed E-state index contributed by atoms with van der Waals surface area (Å²) in [7, 11) is -12.3. The molecule has 5 rings (SSSR count). The highest BCUT2D eigenvalue weighted by Crippen LogP contribution is 2.49. The van der Waals surface area contributed by atoms with E-state index in [4.69, 9.17) is 0 Å². The smallest absolute Gasteiger partial charge is 0.306 e. The number of allylic oxidation sites excluding steroid dienone is 8. The molecule has 3 aliphatic heterocycles. The quantitative estimate of drug-likeness (QED) is 0.0835. The van der Waals surface area contributed by atoms with Gasteiger partial charge in [-0.1, -0.05) is 62.4 Å². The summed E-state index contributed by atoms with van der Waals surface area (Å²) in [5, 5.41) is 9.38. The molecule has 57 heavy (non-hydrogen) atoms. The molecule has 0 radical (unpaired) electrons. The molecule has 2 aromatic rings. The zero-order valence-corrected chi connectivity index (χ0v) is 35.3. The number of hydrogen-bond acceptors (Lipinski definition) is 9. The van der Waals surface area contributed by atoms with Gasteiger partial charge in [0.1, 0.15) is 6.54 Å². The highest BCUT2D eigenvalue weighted by Gasteiger charge is 2.44. The number of carbonyl (C=O) groups is 1. The number of aliphatic carboxylic acids is 1. The standard InChI is InChI=1S/C41H53N3O10S3/c1-40(2)33-16-10-11-17-35(33)43(24-12-14-28-55(47,48)49)37(40)18-8-6-5-7-9-19-38-41(3,4)34-30-32(57(53,54)42-26-22-31(23-27-42)39(45)46)20-21-36(34)44(38)25-13-15-29-56(50,51)52/h5-11,16-21,30-31H,12-15,22-29H2,1-4H3,(H2-,45,46,47,48,49,50,51,52). The third kappa shape index (κ3) is 10.4. The van der Waals surface area contributed by atoms with Gasteiger partial charge in [0.25, 0.3) is 10.1 Å². The molecule has 16 heteroatoms. The largest absolute Gasteiger partial charge is 0.748 e. The normalized spacial score (nSPS) is 19.8. The molecule has 0 amide bonds. The lowest BCUT2D eigenvalue weighted by molar-refractivity contribution is -0.438. The number of rotatable bonds is 17. The van der Waals surface area contributed by atoms with E-state index >= 15 is 0 Å². The molecule has 3 aliphatic rings. The second-order valence-electron chi connectivity index (χ2n) is 15.8. The van der Waals surface area contributed by atoms with Crippen LogP contribution in [0.25, 0.3) is 0 Å². The minimum atomic E-state index is -4.27. The van der Waals surface area contributed by atoms with Crippen LogP contribution in [-0.4, -0.2) is 97.7 Å². The monoisotopic (exact) mass is 843 g/mol. The van der Waals surface area contributed by atoms with Gasteiger partial charge in [0.15, 0.2) is 5.71 Å². The maximum atomic E-state index is 13.7. The molecule has 0 saturated carbocycles. The minimum Gasteiger partial charge on any atom is -0.748 e. The van der Waals surface area contributed by atoms with Gasteiger partial charge in [-0.25, -0.2) is 16.8 Å². The molecule has 2 N–H and O–H groups in total. The molecule has 0 aromatic heterocycles. The number of benzene rings is 2. The number of carboxylic acid groups (broad SMARTS) is 1. The van der Waals surface area contributed by atoms with E-state index in [0.717, 1.165) is 33.9 Å². The van der Waals surface area contributed by atoms with Crippen LogP contribution in [0.5, 0.6) is 0 Å². The third-order valence-corrected chi connectivity index (χ3v) is 14.6. The number of nitrogens with zero attached hydrogens (tertiary/aromatic N) is 3. The second-order valence-corrected chi connectivity index (χ2v) is 20.8. The number of hydrogen-bond donors (Lipinski definition) is 2. The first-order valence-electron chi connectivity index (χ1n) is 19.1. The van der Waals surface area contributed by atoms with Crippen LogP contribution < -0.4 is 4.90 Å². The van der Waals surface area contributed by atoms with Crippen LogP contribution in [0, 0.1) is 5.92 Å². The first-order chi connectivity index (χ1) is 26.6. The molecule has 0 unspecified atom stereocenters. The van der Waals surface area contributed by atoms with Crippen LogP contribution in [0.2, 0.25) is 0 Å². The molecule has 0 aliphatic carbocycles. The Hall–Kier alpha value is -3.93. The Bertz CT molecular complexity index is 2330. The number of unbranched alkanes of at least 4 members (excludes halogenated alkanes) is 2. The van der Waals surface area contributed by atoms with Gasteiger partial charge >= 0.3 is 5.97 Å². The number of fused-ring (bicyclic) bond motifs is 2. The summed E-state index contributed by atoms with van der Waals surface area (Å²) in [6.45, 7) is 9.53. The molecule has 0 atom stereocenters. The van der Waals surface area contributed by atoms with E-state index in [0.29, 0.717) is 25.9 Å². The van der Waals surface area contributed by atoms with E-state index in [1.807, 2.05) is 74.6 Å². The van der Waals surface area contributed by atoms with Crippen molar-refractivity contribution in [3.63, 3.8) is 0 Å². The highest BCUT2D eigenvalue weighted by molar-refractivity contribution is 7.89. The Labute approximate surface area is 337 Å². The van der Waals surface area contributed by atoms with Crippen molar-refractivity contribution in [2.24, 2.45) is 5.92 Å². The van der Waals surface area contributed by atoms with Gasteiger partial charge < -0.3 is 14.6 Å². The Balaban J connectivity index is 1.37. The highest BCUT2D eigenvalue weighted by atomic mass is 32.2. The number of piperidine rings is 1. The van der Waals surface area contributed by atoms with Crippen molar-refractivity contribution in [1.29, 1.82) is 0 Å². The average Bonchev–Trinajstić information content (AvgIpc) is 3.48. The predicted molar refractivity (Wildman–Crippen MR) is 220 cm³/mol. The van der Waals surface area contributed by atoms with Gasteiger partial charge in [0, 0.05) is 66.3 Å². The van der Waals surface area contributed by atoms with E-state index in [-0.39, 0.29) is 54.8 Å². The maximum absolute atomic E-state index is 13.7. The Morgan fingerprint density at radius 3 is 2.16 bits per heavy atom. The second kappa shape index (κ2) is 17.5. The zero-order chi connectivity index (χ0) is 41.8. The number of para-hydroxylation sites is 1. The Morgan fingerprint density at radius 2 is 1.49 bits per heavy atom.